The minimum atomic E-state index is -0.0692. The zero-order valence-corrected chi connectivity index (χ0v) is 13.2. The Hall–Kier alpha value is -1.28. The Morgan fingerprint density at radius 2 is 2.38 bits per heavy atom. The quantitative estimate of drug-likeness (QED) is 0.664. The van der Waals surface area contributed by atoms with Gasteiger partial charge in [-0.05, 0) is 37.8 Å². The molecule has 2 aromatic heterocycles. The van der Waals surface area contributed by atoms with Gasteiger partial charge in [-0.3, -0.25) is 4.90 Å². The van der Waals surface area contributed by atoms with Crippen molar-refractivity contribution < 1.29 is 4.74 Å². The van der Waals surface area contributed by atoms with E-state index in [2.05, 4.69) is 27.2 Å². The summed E-state index contributed by atoms with van der Waals surface area (Å²) in [5, 5.41) is 2.99. The highest BCUT2D eigenvalue weighted by Gasteiger charge is 2.31. The predicted molar refractivity (Wildman–Crippen MR) is 85.2 cm³/mol. The molecule has 2 aromatic rings. The van der Waals surface area contributed by atoms with Gasteiger partial charge in [-0.25, -0.2) is 15.8 Å². The Labute approximate surface area is 128 Å². The molecule has 3 N–H and O–H groups in total. The van der Waals surface area contributed by atoms with Gasteiger partial charge in [-0.15, -0.1) is 11.3 Å². The second kappa shape index (κ2) is 5.84. The van der Waals surface area contributed by atoms with Crippen LogP contribution in [-0.4, -0.2) is 40.7 Å². The predicted octanol–water partition coefficient (Wildman–Crippen LogP) is 1.98. The molecule has 21 heavy (non-hydrogen) atoms. The normalized spacial score (nSPS) is 23.6. The molecule has 6 nitrogen and oxygen atoms in total. The van der Waals surface area contributed by atoms with Gasteiger partial charge in [0, 0.05) is 13.7 Å². The average molecular weight is 307 g/mol. The molecule has 1 unspecified atom stereocenters. The van der Waals surface area contributed by atoms with Gasteiger partial charge in [0.25, 0.3) is 0 Å². The molecule has 1 fully saturated rings. The maximum Gasteiger partial charge on any atom is 0.152 e. The Morgan fingerprint density at radius 1 is 1.52 bits per heavy atom. The third-order valence-corrected chi connectivity index (χ3v) is 4.91. The topological polar surface area (TPSA) is 76.3 Å². The van der Waals surface area contributed by atoms with Crippen LogP contribution in [0.4, 0.5) is 5.82 Å². The van der Waals surface area contributed by atoms with E-state index in [0.717, 1.165) is 48.5 Å². The second-order valence-electron chi connectivity index (χ2n) is 5.74. The molecular formula is C14H21N5OS. The molecule has 0 spiro atoms. The van der Waals surface area contributed by atoms with Crippen LogP contribution in [0, 0.1) is 0 Å². The molecule has 0 bridgehead atoms. The second-order valence-corrected chi connectivity index (χ2v) is 6.64. The monoisotopic (exact) mass is 307 g/mol. The summed E-state index contributed by atoms with van der Waals surface area (Å²) in [6.45, 7) is 4.84. The van der Waals surface area contributed by atoms with Crippen LogP contribution < -0.4 is 11.3 Å². The maximum absolute atomic E-state index is 5.64. The lowest BCUT2D eigenvalue weighted by atomic mass is 9.95. The van der Waals surface area contributed by atoms with Crippen LogP contribution in [0.25, 0.3) is 10.2 Å². The number of nitrogen functional groups attached to an aromatic ring is 1. The molecule has 0 aliphatic carbocycles. The Balaban J connectivity index is 1.81. The number of hydrogen-bond acceptors (Lipinski definition) is 7. The van der Waals surface area contributed by atoms with Crippen molar-refractivity contribution in [2.45, 2.75) is 31.9 Å². The molecule has 1 aliphatic rings. The number of nitrogens with two attached hydrogens (primary N) is 1. The number of nitrogens with zero attached hydrogens (tertiary/aromatic N) is 3. The standard InChI is InChI=1S/C14H21N5OS/c1-14(20-2)5-3-6-19(9-14)8-11-16-12(18-15)10-4-7-21-13(10)17-11/h4,7H,3,5-6,8-9,15H2,1-2H3,(H,16,17,18). The molecular weight excluding hydrogens is 286 g/mol. The summed E-state index contributed by atoms with van der Waals surface area (Å²) in [6.07, 6.45) is 2.23. The van der Waals surface area contributed by atoms with Gasteiger partial charge in [0.05, 0.1) is 17.5 Å². The molecule has 3 heterocycles. The van der Waals surface area contributed by atoms with Crippen molar-refractivity contribution in [2.24, 2.45) is 5.84 Å². The number of aromatic nitrogens is 2. The van der Waals surface area contributed by atoms with Crippen molar-refractivity contribution in [3.05, 3.63) is 17.3 Å². The number of likely N-dealkylation sites (tertiary alicyclic amines) is 1. The Kier molecular flexibility index (Phi) is 4.08. The van der Waals surface area contributed by atoms with Crippen molar-refractivity contribution in [2.75, 3.05) is 25.6 Å². The van der Waals surface area contributed by atoms with Crippen molar-refractivity contribution in [1.82, 2.24) is 14.9 Å². The number of anilines is 1. The largest absolute Gasteiger partial charge is 0.377 e. The minimum absolute atomic E-state index is 0.0692. The minimum Gasteiger partial charge on any atom is -0.377 e. The number of hydrazine groups is 1. The first-order valence-electron chi connectivity index (χ1n) is 7.12. The zero-order valence-electron chi connectivity index (χ0n) is 12.4. The van der Waals surface area contributed by atoms with E-state index in [-0.39, 0.29) is 5.60 Å². The van der Waals surface area contributed by atoms with Gasteiger partial charge < -0.3 is 10.2 Å². The van der Waals surface area contributed by atoms with Crippen molar-refractivity contribution >= 4 is 27.4 Å². The first-order valence-corrected chi connectivity index (χ1v) is 8.00. The van der Waals surface area contributed by atoms with Gasteiger partial charge >= 0.3 is 0 Å². The van der Waals surface area contributed by atoms with Crippen LogP contribution >= 0.6 is 11.3 Å². The van der Waals surface area contributed by atoms with E-state index >= 15 is 0 Å². The number of thiophene rings is 1. The Bertz CT molecular complexity index is 631. The van der Waals surface area contributed by atoms with Crippen LogP contribution in [0.1, 0.15) is 25.6 Å². The van der Waals surface area contributed by atoms with Crippen LogP contribution in [0.15, 0.2) is 11.4 Å². The van der Waals surface area contributed by atoms with E-state index in [4.69, 9.17) is 10.6 Å². The number of rotatable bonds is 4. The van der Waals surface area contributed by atoms with E-state index in [0.29, 0.717) is 5.82 Å². The Morgan fingerprint density at radius 3 is 3.14 bits per heavy atom. The van der Waals surface area contributed by atoms with E-state index < -0.39 is 0 Å². The van der Waals surface area contributed by atoms with Crippen LogP contribution in [0.3, 0.4) is 0 Å². The number of fused-ring (bicyclic) bond motifs is 1. The van der Waals surface area contributed by atoms with Gasteiger partial charge in [0.1, 0.15) is 10.7 Å². The van der Waals surface area contributed by atoms with E-state index in [1.54, 1.807) is 18.4 Å². The molecule has 0 radical (unpaired) electrons. The molecule has 1 aliphatic heterocycles. The summed E-state index contributed by atoms with van der Waals surface area (Å²) in [6, 6.07) is 1.99. The lowest BCUT2D eigenvalue weighted by Crippen LogP contribution is -2.47. The fraction of sp³-hybridized carbons (Fsp3) is 0.571. The molecule has 3 rings (SSSR count). The van der Waals surface area contributed by atoms with Crippen molar-refractivity contribution in [3.63, 3.8) is 0 Å². The lowest BCUT2D eigenvalue weighted by Gasteiger charge is -2.39. The van der Waals surface area contributed by atoms with E-state index in [9.17, 15) is 0 Å². The summed E-state index contributed by atoms with van der Waals surface area (Å²) in [5.41, 5.74) is 2.60. The smallest absolute Gasteiger partial charge is 0.152 e. The van der Waals surface area contributed by atoms with Gasteiger partial charge in [-0.2, -0.15) is 0 Å². The molecule has 7 heteroatoms. The highest BCUT2D eigenvalue weighted by atomic mass is 32.1. The first kappa shape index (κ1) is 14.6. The maximum atomic E-state index is 5.64. The van der Waals surface area contributed by atoms with E-state index in [1.165, 1.54) is 0 Å². The summed E-state index contributed by atoms with van der Waals surface area (Å²) >= 11 is 1.61. The third-order valence-electron chi connectivity index (χ3n) is 4.10. The highest BCUT2D eigenvalue weighted by Crippen LogP contribution is 2.27. The molecule has 1 atom stereocenters. The third kappa shape index (κ3) is 3.01. The average Bonchev–Trinajstić information content (AvgIpc) is 2.95. The number of piperidine rings is 1. The number of hydrogen-bond donors (Lipinski definition) is 2. The van der Waals surface area contributed by atoms with Crippen LogP contribution in [0.2, 0.25) is 0 Å². The van der Waals surface area contributed by atoms with Crippen LogP contribution in [0.5, 0.6) is 0 Å². The SMILES string of the molecule is COC1(C)CCCN(Cc2nc(NN)c3ccsc3n2)C1. The molecule has 0 amide bonds. The summed E-state index contributed by atoms with van der Waals surface area (Å²) < 4.78 is 5.64. The van der Waals surface area contributed by atoms with Crippen LogP contribution in [-0.2, 0) is 11.3 Å². The highest BCUT2D eigenvalue weighted by molar-refractivity contribution is 7.16. The number of ether oxygens (including phenoxy) is 1. The fourth-order valence-corrected chi connectivity index (χ4v) is 3.67. The van der Waals surface area contributed by atoms with Gasteiger partial charge in [-0.1, -0.05) is 0 Å². The first-order chi connectivity index (χ1) is 10.1. The zero-order chi connectivity index (χ0) is 14.9. The number of methoxy groups -OCH3 is 1. The van der Waals surface area contributed by atoms with E-state index in [1.807, 2.05) is 11.4 Å². The summed E-state index contributed by atoms with van der Waals surface area (Å²) in [4.78, 5) is 12.5. The fourth-order valence-electron chi connectivity index (χ4n) is 2.89. The molecule has 0 saturated carbocycles. The lowest BCUT2D eigenvalue weighted by molar-refractivity contribution is -0.0531. The summed E-state index contributed by atoms with van der Waals surface area (Å²) in [7, 11) is 1.79. The number of nitrogens with one attached hydrogen (secondary N) is 1. The van der Waals surface area contributed by atoms with Crippen molar-refractivity contribution in [3.8, 4) is 0 Å². The summed E-state index contributed by atoms with van der Waals surface area (Å²) in [5.74, 6) is 7.07. The molecule has 0 aromatic carbocycles. The molecule has 114 valence electrons. The van der Waals surface area contributed by atoms with Crippen molar-refractivity contribution in [1.29, 1.82) is 0 Å². The van der Waals surface area contributed by atoms with Gasteiger partial charge in [0.15, 0.2) is 5.82 Å². The van der Waals surface area contributed by atoms with Gasteiger partial charge in [0.2, 0.25) is 0 Å². The molecule has 1 saturated heterocycles.